The number of fused-ring (bicyclic) bond motifs is 1. The van der Waals surface area contributed by atoms with E-state index in [1.807, 2.05) is 29.2 Å². The number of aryl methyl sites for hydroxylation is 2. The maximum absolute atomic E-state index is 12.7. The number of carbonyl (C=O) groups excluding carboxylic acids is 1. The molecule has 5 heteroatoms. The van der Waals surface area contributed by atoms with Gasteiger partial charge < -0.3 is 14.4 Å². The molecule has 1 aliphatic rings. The Bertz CT molecular complexity index is 954. The zero-order chi connectivity index (χ0) is 18.8. The van der Waals surface area contributed by atoms with Crippen LogP contribution in [0.2, 0.25) is 0 Å². The van der Waals surface area contributed by atoms with Gasteiger partial charge in [0.2, 0.25) is 11.9 Å². The largest absolute Gasteiger partial charge is 0.339 e. The SMILES string of the molecule is CCn1c(N2CCN(C(=O)Cc3ccccc3C)CC2)nc2ccccc21. The van der Waals surface area contributed by atoms with Crippen LogP contribution in [0.3, 0.4) is 0 Å². The first-order valence-corrected chi connectivity index (χ1v) is 9.70. The van der Waals surface area contributed by atoms with Crippen LogP contribution >= 0.6 is 0 Å². The molecule has 4 rings (SSSR count). The Hall–Kier alpha value is -2.82. The molecule has 5 nitrogen and oxygen atoms in total. The number of carbonyl (C=O) groups is 1. The third kappa shape index (κ3) is 3.42. The summed E-state index contributed by atoms with van der Waals surface area (Å²) in [6, 6.07) is 16.4. The number of benzene rings is 2. The number of hydrogen-bond acceptors (Lipinski definition) is 3. The summed E-state index contributed by atoms with van der Waals surface area (Å²) in [5, 5.41) is 0. The Balaban J connectivity index is 1.45. The minimum absolute atomic E-state index is 0.216. The first kappa shape index (κ1) is 17.6. The lowest BCUT2D eigenvalue weighted by Crippen LogP contribution is -2.50. The standard InChI is InChI=1S/C22H26N4O/c1-3-26-20-11-7-6-10-19(20)23-22(26)25-14-12-24(13-15-25)21(27)16-18-9-5-4-8-17(18)2/h4-11H,3,12-16H2,1-2H3. The van der Waals surface area contributed by atoms with Crippen LogP contribution in [-0.2, 0) is 17.8 Å². The summed E-state index contributed by atoms with van der Waals surface area (Å²) in [7, 11) is 0. The molecule has 1 amide bonds. The molecule has 2 heterocycles. The van der Waals surface area contributed by atoms with E-state index in [1.165, 1.54) is 11.1 Å². The van der Waals surface area contributed by atoms with Gasteiger partial charge in [-0.1, -0.05) is 36.4 Å². The molecule has 1 saturated heterocycles. The smallest absolute Gasteiger partial charge is 0.227 e. The van der Waals surface area contributed by atoms with Gasteiger partial charge in [-0.15, -0.1) is 0 Å². The van der Waals surface area contributed by atoms with Crippen molar-refractivity contribution in [2.24, 2.45) is 0 Å². The van der Waals surface area contributed by atoms with Gasteiger partial charge in [0.05, 0.1) is 17.5 Å². The van der Waals surface area contributed by atoms with Crippen molar-refractivity contribution in [3.8, 4) is 0 Å². The van der Waals surface area contributed by atoms with Crippen LogP contribution in [0.15, 0.2) is 48.5 Å². The zero-order valence-electron chi connectivity index (χ0n) is 16.1. The van der Waals surface area contributed by atoms with Crippen molar-refractivity contribution in [1.82, 2.24) is 14.5 Å². The van der Waals surface area contributed by atoms with E-state index in [4.69, 9.17) is 4.98 Å². The lowest BCUT2D eigenvalue weighted by molar-refractivity contribution is -0.130. The van der Waals surface area contributed by atoms with E-state index in [0.29, 0.717) is 6.42 Å². The van der Waals surface area contributed by atoms with E-state index in [1.54, 1.807) is 0 Å². The molecule has 0 unspecified atom stereocenters. The van der Waals surface area contributed by atoms with Gasteiger partial charge in [0.1, 0.15) is 0 Å². The van der Waals surface area contributed by atoms with Crippen molar-refractivity contribution in [3.63, 3.8) is 0 Å². The molecule has 0 atom stereocenters. The quantitative estimate of drug-likeness (QED) is 0.715. The molecular weight excluding hydrogens is 336 g/mol. The first-order valence-electron chi connectivity index (χ1n) is 9.70. The molecular formula is C22H26N4O. The van der Waals surface area contributed by atoms with Crippen molar-refractivity contribution < 1.29 is 4.79 Å². The van der Waals surface area contributed by atoms with E-state index in [-0.39, 0.29) is 5.91 Å². The minimum Gasteiger partial charge on any atom is -0.339 e. The highest BCUT2D eigenvalue weighted by Gasteiger charge is 2.24. The number of amides is 1. The summed E-state index contributed by atoms with van der Waals surface area (Å²) in [6.07, 6.45) is 0.486. The average Bonchev–Trinajstić information content (AvgIpc) is 3.08. The molecule has 1 aromatic heterocycles. The van der Waals surface area contributed by atoms with E-state index < -0.39 is 0 Å². The van der Waals surface area contributed by atoms with Gasteiger partial charge >= 0.3 is 0 Å². The van der Waals surface area contributed by atoms with Crippen molar-refractivity contribution in [3.05, 3.63) is 59.7 Å². The Morgan fingerprint density at radius 3 is 2.44 bits per heavy atom. The van der Waals surface area contributed by atoms with Gasteiger partial charge in [0.15, 0.2) is 0 Å². The molecule has 140 valence electrons. The van der Waals surface area contributed by atoms with Gasteiger partial charge in [-0.25, -0.2) is 4.98 Å². The maximum atomic E-state index is 12.7. The second-order valence-electron chi connectivity index (χ2n) is 7.12. The number of nitrogens with zero attached hydrogens (tertiary/aromatic N) is 4. The van der Waals surface area contributed by atoms with Gasteiger partial charge in [0, 0.05) is 32.7 Å². The fourth-order valence-corrected chi connectivity index (χ4v) is 3.85. The van der Waals surface area contributed by atoms with Crippen LogP contribution < -0.4 is 4.90 Å². The monoisotopic (exact) mass is 362 g/mol. The fraction of sp³-hybridized carbons (Fsp3) is 0.364. The summed E-state index contributed by atoms with van der Waals surface area (Å²) in [5.74, 6) is 1.23. The normalized spacial score (nSPS) is 14.7. The summed E-state index contributed by atoms with van der Waals surface area (Å²) in [4.78, 5) is 21.8. The highest BCUT2D eigenvalue weighted by molar-refractivity contribution is 5.80. The number of imidazole rings is 1. The molecule has 1 fully saturated rings. The number of anilines is 1. The van der Waals surface area contributed by atoms with Crippen LogP contribution in [0.1, 0.15) is 18.1 Å². The molecule has 27 heavy (non-hydrogen) atoms. The van der Waals surface area contributed by atoms with E-state index in [9.17, 15) is 4.79 Å². The Kier molecular flexibility index (Phi) is 4.84. The van der Waals surface area contributed by atoms with Crippen molar-refractivity contribution in [1.29, 1.82) is 0 Å². The molecule has 3 aromatic rings. The van der Waals surface area contributed by atoms with Crippen LogP contribution in [0.4, 0.5) is 5.95 Å². The molecule has 1 aliphatic heterocycles. The first-order chi connectivity index (χ1) is 13.2. The third-order valence-electron chi connectivity index (χ3n) is 5.47. The summed E-state index contributed by atoms with van der Waals surface area (Å²) in [5.41, 5.74) is 4.51. The van der Waals surface area contributed by atoms with Crippen molar-refractivity contribution in [2.45, 2.75) is 26.8 Å². The van der Waals surface area contributed by atoms with Crippen molar-refractivity contribution >= 4 is 22.9 Å². The number of piperazine rings is 1. The van der Waals surface area contributed by atoms with Gasteiger partial charge in [-0.05, 0) is 37.1 Å². The third-order valence-corrected chi connectivity index (χ3v) is 5.47. The number of aromatic nitrogens is 2. The average molecular weight is 362 g/mol. The van der Waals surface area contributed by atoms with Gasteiger partial charge in [-0.3, -0.25) is 4.79 Å². The minimum atomic E-state index is 0.216. The summed E-state index contributed by atoms with van der Waals surface area (Å²) >= 11 is 0. The molecule has 0 bridgehead atoms. The topological polar surface area (TPSA) is 41.4 Å². The number of rotatable bonds is 4. The van der Waals surface area contributed by atoms with Crippen molar-refractivity contribution in [2.75, 3.05) is 31.1 Å². The maximum Gasteiger partial charge on any atom is 0.227 e. The number of para-hydroxylation sites is 2. The fourth-order valence-electron chi connectivity index (χ4n) is 3.85. The van der Waals surface area contributed by atoms with Gasteiger partial charge in [-0.2, -0.15) is 0 Å². The van der Waals surface area contributed by atoms with E-state index in [2.05, 4.69) is 47.6 Å². The molecule has 0 N–H and O–H groups in total. The van der Waals surface area contributed by atoms with Crippen LogP contribution in [0, 0.1) is 6.92 Å². The highest BCUT2D eigenvalue weighted by atomic mass is 16.2. The predicted octanol–water partition coefficient (Wildman–Crippen LogP) is 3.26. The number of hydrogen-bond donors (Lipinski definition) is 0. The highest BCUT2D eigenvalue weighted by Crippen LogP contribution is 2.23. The van der Waals surface area contributed by atoms with E-state index >= 15 is 0 Å². The molecule has 0 spiro atoms. The molecule has 0 saturated carbocycles. The molecule has 0 aliphatic carbocycles. The Labute approximate surface area is 160 Å². The molecule has 2 aromatic carbocycles. The van der Waals surface area contributed by atoms with E-state index in [0.717, 1.165) is 49.8 Å². The second-order valence-corrected chi connectivity index (χ2v) is 7.12. The zero-order valence-corrected chi connectivity index (χ0v) is 16.1. The second kappa shape index (κ2) is 7.43. The predicted molar refractivity (Wildman–Crippen MR) is 109 cm³/mol. The van der Waals surface area contributed by atoms with Gasteiger partial charge in [0.25, 0.3) is 0 Å². The van der Waals surface area contributed by atoms with Crippen LogP contribution in [0.25, 0.3) is 11.0 Å². The van der Waals surface area contributed by atoms with Crippen LogP contribution in [0.5, 0.6) is 0 Å². The summed E-state index contributed by atoms with van der Waals surface area (Å²) in [6.45, 7) is 8.25. The Morgan fingerprint density at radius 1 is 1.00 bits per heavy atom. The lowest BCUT2D eigenvalue weighted by Gasteiger charge is -2.35. The lowest BCUT2D eigenvalue weighted by atomic mass is 10.1. The Morgan fingerprint density at radius 2 is 1.70 bits per heavy atom. The van der Waals surface area contributed by atoms with Crippen LogP contribution in [-0.4, -0.2) is 46.5 Å². The summed E-state index contributed by atoms with van der Waals surface area (Å²) < 4.78 is 2.26. The molecule has 0 radical (unpaired) electrons.